The molecule has 1 aliphatic rings. The van der Waals surface area contributed by atoms with Crippen LogP contribution < -0.4 is 10.1 Å². The highest BCUT2D eigenvalue weighted by atomic mass is 32.2. The van der Waals surface area contributed by atoms with Crippen molar-refractivity contribution < 1.29 is 22.7 Å². The second-order valence-electron chi connectivity index (χ2n) is 6.19. The standard InChI is InChI=1S/C18H28N2O5S/c1-3-4-9-19-18(21)8-5-15-14-16(6-7-17(15)24-2)26(22,23)20-10-12-25-13-11-20/h6-7,14H,3-5,8-13H2,1-2H3,(H,19,21). The van der Waals surface area contributed by atoms with Crippen LogP contribution in [0.1, 0.15) is 31.7 Å². The van der Waals surface area contributed by atoms with E-state index in [2.05, 4.69) is 12.2 Å². The van der Waals surface area contributed by atoms with Gasteiger partial charge in [0.05, 0.1) is 25.2 Å². The van der Waals surface area contributed by atoms with E-state index in [1.54, 1.807) is 18.2 Å². The van der Waals surface area contributed by atoms with E-state index in [1.165, 1.54) is 11.4 Å². The molecule has 1 N–H and O–H groups in total. The Morgan fingerprint density at radius 3 is 2.69 bits per heavy atom. The monoisotopic (exact) mass is 384 g/mol. The molecule has 0 saturated carbocycles. The van der Waals surface area contributed by atoms with Crippen molar-refractivity contribution in [2.24, 2.45) is 0 Å². The molecule has 26 heavy (non-hydrogen) atoms. The van der Waals surface area contributed by atoms with Gasteiger partial charge in [0.15, 0.2) is 0 Å². The van der Waals surface area contributed by atoms with Crippen LogP contribution in [0.2, 0.25) is 0 Å². The number of carbonyl (C=O) groups excluding carboxylic acids is 1. The summed E-state index contributed by atoms with van der Waals surface area (Å²) in [5, 5.41) is 2.87. The van der Waals surface area contributed by atoms with Gasteiger partial charge < -0.3 is 14.8 Å². The first-order valence-electron chi connectivity index (χ1n) is 9.00. The van der Waals surface area contributed by atoms with Crippen LogP contribution in [0.15, 0.2) is 23.1 Å². The topological polar surface area (TPSA) is 84.9 Å². The Hall–Kier alpha value is -1.64. The number of morpholine rings is 1. The fourth-order valence-corrected chi connectivity index (χ4v) is 4.25. The summed E-state index contributed by atoms with van der Waals surface area (Å²) < 4.78 is 37.6. The predicted octanol–water partition coefficient (Wildman–Crippen LogP) is 1.57. The molecule has 0 radical (unpaired) electrons. The van der Waals surface area contributed by atoms with E-state index in [0.717, 1.165) is 12.8 Å². The molecule has 1 heterocycles. The average molecular weight is 384 g/mol. The SMILES string of the molecule is CCCCNC(=O)CCc1cc(S(=O)(=O)N2CCOCC2)ccc1OC. The average Bonchev–Trinajstić information content (AvgIpc) is 2.67. The van der Waals surface area contributed by atoms with Gasteiger partial charge in [0.25, 0.3) is 0 Å². The molecule has 0 atom stereocenters. The summed E-state index contributed by atoms with van der Waals surface area (Å²) in [5.74, 6) is 0.550. The van der Waals surface area contributed by atoms with Crippen LogP contribution in [-0.4, -0.2) is 58.6 Å². The Morgan fingerprint density at radius 2 is 2.04 bits per heavy atom. The van der Waals surface area contributed by atoms with E-state index in [4.69, 9.17) is 9.47 Å². The molecule has 1 aromatic rings. The fourth-order valence-electron chi connectivity index (χ4n) is 2.79. The van der Waals surface area contributed by atoms with Gasteiger partial charge in [-0.15, -0.1) is 0 Å². The number of amides is 1. The number of ether oxygens (including phenoxy) is 2. The lowest BCUT2D eigenvalue weighted by molar-refractivity contribution is -0.121. The lowest BCUT2D eigenvalue weighted by atomic mass is 10.1. The first-order valence-corrected chi connectivity index (χ1v) is 10.4. The molecule has 1 aliphatic heterocycles. The van der Waals surface area contributed by atoms with Crippen molar-refractivity contribution in [1.29, 1.82) is 0 Å². The highest BCUT2D eigenvalue weighted by molar-refractivity contribution is 7.89. The van der Waals surface area contributed by atoms with Gasteiger partial charge in [-0.1, -0.05) is 13.3 Å². The third-order valence-corrected chi connectivity index (χ3v) is 6.23. The van der Waals surface area contributed by atoms with Crippen molar-refractivity contribution in [3.63, 3.8) is 0 Å². The highest BCUT2D eigenvalue weighted by Gasteiger charge is 2.27. The zero-order valence-electron chi connectivity index (χ0n) is 15.5. The van der Waals surface area contributed by atoms with Crippen molar-refractivity contribution in [3.05, 3.63) is 23.8 Å². The molecule has 8 heteroatoms. The van der Waals surface area contributed by atoms with Crippen LogP contribution in [0, 0.1) is 0 Å². The molecule has 0 bridgehead atoms. The van der Waals surface area contributed by atoms with Crippen LogP contribution in [0.25, 0.3) is 0 Å². The minimum atomic E-state index is -3.57. The number of hydrogen-bond acceptors (Lipinski definition) is 5. The van der Waals surface area contributed by atoms with Crippen molar-refractivity contribution in [2.75, 3.05) is 40.0 Å². The lowest BCUT2D eigenvalue weighted by Crippen LogP contribution is -2.40. The minimum absolute atomic E-state index is 0.0399. The summed E-state index contributed by atoms with van der Waals surface area (Å²) in [5.41, 5.74) is 0.715. The van der Waals surface area contributed by atoms with Crippen LogP contribution in [-0.2, 0) is 26.0 Å². The number of nitrogens with one attached hydrogen (secondary N) is 1. The number of hydrogen-bond donors (Lipinski definition) is 1. The summed E-state index contributed by atoms with van der Waals surface area (Å²) in [4.78, 5) is 12.2. The van der Waals surface area contributed by atoms with Crippen LogP contribution in [0.3, 0.4) is 0 Å². The first kappa shape index (κ1) is 20.7. The molecular formula is C18H28N2O5S. The van der Waals surface area contributed by atoms with E-state index in [1.807, 2.05) is 0 Å². The van der Waals surface area contributed by atoms with Gasteiger partial charge in [0.1, 0.15) is 5.75 Å². The van der Waals surface area contributed by atoms with Crippen LogP contribution >= 0.6 is 0 Å². The Kier molecular flexibility index (Phi) is 7.86. The summed E-state index contributed by atoms with van der Waals surface area (Å²) in [6.45, 7) is 4.24. The highest BCUT2D eigenvalue weighted by Crippen LogP contribution is 2.26. The number of benzene rings is 1. The quantitative estimate of drug-likeness (QED) is 0.653. The third-order valence-electron chi connectivity index (χ3n) is 4.33. The molecule has 0 aliphatic carbocycles. The largest absolute Gasteiger partial charge is 0.496 e. The second kappa shape index (κ2) is 9.89. The Labute approximate surface area is 155 Å². The summed E-state index contributed by atoms with van der Waals surface area (Å²) in [6, 6.07) is 4.81. The van der Waals surface area contributed by atoms with E-state index in [0.29, 0.717) is 57.0 Å². The zero-order chi connectivity index (χ0) is 19.0. The van der Waals surface area contributed by atoms with Gasteiger partial charge in [-0.3, -0.25) is 4.79 Å². The molecule has 0 aromatic heterocycles. The zero-order valence-corrected chi connectivity index (χ0v) is 16.3. The van der Waals surface area contributed by atoms with Gasteiger partial charge in [0, 0.05) is 26.1 Å². The smallest absolute Gasteiger partial charge is 0.243 e. The lowest BCUT2D eigenvalue weighted by Gasteiger charge is -2.26. The normalized spacial score (nSPS) is 15.6. The summed E-state index contributed by atoms with van der Waals surface area (Å²) in [7, 11) is -2.03. The first-order chi connectivity index (χ1) is 12.5. The summed E-state index contributed by atoms with van der Waals surface area (Å²) in [6.07, 6.45) is 2.69. The number of sulfonamides is 1. The molecule has 7 nitrogen and oxygen atoms in total. The number of nitrogens with zero attached hydrogens (tertiary/aromatic N) is 1. The molecule has 146 valence electrons. The van der Waals surface area contributed by atoms with Gasteiger partial charge in [-0.2, -0.15) is 4.31 Å². The maximum absolute atomic E-state index is 12.8. The summed E-state index contributed by atoms with van der Waals surface area (Å²) >= 11 is 0. The van der Waals surface area contributed by atoms with Crippen molar-refractivity contribution >= 4 is 15.9 Å². The van der Waals surface area contributed by atoms with Gasteiger partial charge >= 0.3 is 0 Å². The van der Waals surface area contributed by atoms with Gasteiger partial charge in [0.2, 0.25) is 15.9 Å². The Morgan fingerprint density at radius 1 is 1.31 bits per heavy atom. The van der Waals surface area contributed by atoms with Gasteiger partial charge in [-0.25, -0.2) is 8.42 Å². The van der Waals surface area contributed by atoms with E-state index in [-0.39, 0.29) is 10.8 Å². The Bertz CT molecular complexity index is 700. The fraction of sp³-hybridized carbons (Fsp3) is 0.611. The molecular weight excluding hydrogens is 356 g/mol. The molecule has 2 rings (SSSR count). The molecule has 1 aromatic carbocycles. The molecule has 1 amide bonds. The predicted molar refractivity (Wildman–Crippen MR) is 98.8 cm³/mol. The van der Waals surface area contributed by atoms with Crippen molar-refractivity contribution in [3.8, 4) is 5.75 Å². The number of aryl methyl sites for hydroxylation is 1. The van der Waals surface area contributed by atoms with E-state index < -0.39 is 10.0 Å². The van der Waals surface area contributed by atoms with E-state index in [9.17, 15) is 13.2 Å². The van der Waals surface area contributed by atoms with Crippen molar-refractivity contribution in [1.82, 2.24) is 9.62 Å². The minimum Gasteiger partial charge on any atom is -0.496 e. The molecule has 0 spiro atoms. The second-order valence-corrected chi connectivity index (χ2v) is 8.13. The third kappa shape index (κ3) is 5.43. The maximum atomic E-state index is 12.8. The number of unbranched alkanes of at least 4 members (excludes halogenated alkanes) is 1. The van der Waals surface area contributed by atoms with Crippen LogP contribution in [0.4, 0.5) is 0 Å². The molecule has 0 unspecified atom stereocenters. The number of carbonyl (C=O) groups is 1. The molecule has 1 fully saturated rings. The van der Waals surface area contributed by atoms with Gasteiger partial charge in [-0.05, 0) is 36.6 Å². The number of methoxy groups -OCH3 is 1. The molecule has 1 saturated heterocycles. The Balaban J connectivity index is 2.11. The van der Waals surface area contributed by atoms with E-state index >= 15 is 0 Å². The van der Waals surface area contributed by atoms with Crippen molar-refractivity contribution in [2.45, 2.75) is 37.5 Å². The maximum Gasteiger partial charge on any atom is 0.243 e. The number of rotatable bonds is 9. The van der Waals surface area contributed by atoms with Crippen LogP contribution in [0.5, 0.6) is 5.75 Å².